The number of hydrogen-bond donors (Lipinski definition) is 4. The van der Waals surface area contributed by atoms with Crippen LogP contribution in [0, 0.1) is 11.8 Å². The van der Waals surface area contributed by atoms with Gasteiger partial charge in [-0.1, -0.05) is 19.4 Å². The number of aliphatic hydroxyl groups is 3. The highest BCUT2D eigenvalue weighted by Crippen LogP contribution is 2.42. The molecule has 1 aromatic heterocycles. The van der Waals surface area contributed by atoms with Crippen LogP contribution < -0.4 is 10.4 Å². The number of esters is 1. The first-order chi connectivity index (χ1) is 14.7. The molecule has 9 nitrogen and oxygen atoms in total. The number of hydrogen-bond acceptors (Lipinski definition) is 8. The van der Waals surface area contributed by atoms with E-state index in [4.69, 9.17) is 4.84 Å². The summed E-state index contributed by atoms with van der Waals surface area (Å²) >= 11 is 0. The molecule has 170 valence electrons. The van der Waals surface area contributed by atoms with Crippen LogP contribution in [-0.2, 0) is 9.53 Å². The second-order valence-corrected chi connectivity index (χ2v) is 8.28. The molecule has 0 spiro atoms. The van der Waals surface area contributed by atoms with Gasteiger partial charge in [0.15, 0.2) is 6.10 Å². The van der Waals surface area contributed by atoms with Gasteiger partial charge in [-0.2, -0.15) is 4.73 Å². The minimum Gasteiger partial charge on any atom is -0.507 e. The van der Waals surface area contributed by atoms with Crippen LogP contribution in [0.5, 0.6) is 5.75 Å². The summed E-state index contributed by atoms with van der Waals surface area (Å²) in [5, 5.41) is 40.7. The highest BCUT2D eigenvalue weighted by atomic mass is 16.7. The first-order valence-electron chi connectivity index (χ1n) is 10.3. The Morgan fingerprint density at radius 1 is 1.26 bits per heavy atom. The number of carbonyl (C=O) groups is 1. The number of allylic oxidation sites excluding steroid dienone is 1. The summed E-state index contributed by atoms with van der Waals surface area (Å²) in [7, 11) is 1.12. The highest BCUT2D eigenvalue weighted by molar-refractivity contribution is 5.90. The number of methoxy groups -OCH3 is 1. The fourth-order valence-electron chi connectivity index (χ4n) is 4.49. The Labute approximate surface area is 179 Å². The lowest BCUT2D eigenvalue weighted by atomic mass is 9.72. The SMILES string of the molecule is C=C[C@@H]1C[C@H](C)CC[C@H]1c1c(O)ccn(O[C@H]2C(C(=O)OC)=C[C@H](O)[C@H](O)[C@@H]2O)c1=O. The van der Waals surface area contributed by atoms with Crippen LogP contribution in [0.2, 0.25) is 0 Å². The number of carbonyl (C=O) groups excluding carboxylic acids is 1. The molecular weight excluding hydrogens is 406 g/mol. The van der Waals surface area contributed by atoms with E-state index in [0.717, 1.165) is 30.8 Å². The zero-order valence-corrected chi connectivity index (χ0v) is 17.5. The first-order valence-corrected chi connectivity index (χ1v) is 10.3. The van der Waals surface area contributed by atoms with Crippen LogP contribution in [0.15, 0.2) is 41.4 Å². The van der Waals surface area contributed by atoms with E-state index in [-0.39, 0.29) is 28.7 Å². The van der Waals surface area contributed by atoms with Crippen molar-refractivity contribution in [3.05, 3.63) is 52.5 Å². The molecule has 1 saturated carbocycles. The van der Waals surface area contributed by atoms with Crippen LogP contribution in [0.3, 0.4) is 0 Å². The average molecular weight is 435 g/mol. The zero-order chi connectivity index (χ0) is 22.9. The summed E-state index contributed by atoms with van der Waals surface area (Å²) in [6, 6.07) is 1.30. The van der Waals surface area contributed by atoms with Crippen molar-refractivity contribution in [2.75, 3.05) is 7.11 Å². The predicted octanol–water partition coefficient (Wildman–Crippen LogP) is 0.253. The Hall–Kier alpha value is -2.62. The van der Waals surface area contributed by atoms with E-state index in [1.54, 1.807) is 6.08 Å². The molecular formula is C22H29NO8. The van der Waals surface area contributed by atoms with Gasteiger partial charge in [0, 0.05) is 6.07 Å². The van der Waals surface area contributed by atoms with Crippen molar-refractivity contribution < 1.29 is 34.8 Å². The average Bonchev–Trinajstić information content (AvgIpc) is 2.75. The van der Waals surface area contributed by atoms with Gasteiger partial charge < -0.3 is 30.0 Å². The maximum Gasteiger partial charge on any atom is 0.337 e. The monoisotopic (exact) mass is 435 g/mol. The molecule has 1 heterocycles. The number of pyridine rings is 1. The molecule has 7 atom stereocenters. The minimum absolute atomic E-state index is 0.000895. The van der Waals surface area contributed by atoms with Gasteiger partial charge in [-0.25, -0.2) is 4.79 Å². The summed E-state index contributed by atoms with van der Waals surface area (Å²) < 4.78 is 5.49. The topological polar surface area (TPSA) is 138 Å². The molecule has 0 amide bonds. The summed E-state index contributed by atoms with van der Waals surface area (Å²) in [5.74, 6) is -0.825. The third kappa shape index (κ3) is 4.39. The van der Waals surface area contributed by atoms with Crippen molar-refractivity contribution in [3.8, 4) is 5.75 Å². The quantitative estimate of drug-likeness (QED) is 0.381. The number of aliphatic hydroxyl groups excluding tert-OH is 3. The van der Waals surface area contributed by atoms with Gasteiger partial charge in [0.25, 0.3) is 5.56 Å². The predicted molar refractivity (Wildman–Crippen MR) is 110 cm³/mol. The lowest BCUT2D eigenvalue weighted by Gasteiger charge is -2.35. The van der Waals surface area contributed by atoms with Crippen molar-refractivity contribution in [1.82, 2.24) is 4.73 Å². The minimum atomic E-state index is -1.70. The van der Waals surface area contributed by atoms with Crippen LogP contribution in [-0.4, -0.2) is 62.7 Å². The van der Waals surface area contributed by atoms with Crippen molar-refractivity contribution in [1.29, 1.82) is 0 Å². The number of nitrogens with zero attached hydrogens (tertiary/aromatic N) is 1. The first kappa shape index (κ1) is 23.1. The molecule has 0 bridgehead atoms. The molecule has 0 aliphatic heterocycles. The molecule has 0 unspecified atom stereocenters. The maximum absolute atomic E-state index is 13.2. The van der Waals surface area contributed by atoms with Gasteiger partial charge in [0.2, 0.25) is 0 Å². The van der Waals surface area contributed by atoms with E-state index >= 15 is 0 Å². The van der Waals surface area contributed by atoms with Crippen molar-refractivity contribution in [3.63, 3.8) is 0 Å². The second-order valence-electron chi connectivity index (χ2n) is 8.28. The highest BCUT2D eigenvalue weighted by Gasteiger charge is 2.43. The van der Waals surface area contributed by atoms with Crippen molar-refractivity contribution in [2.24, 2.45) is 11.8 Å². The Morgan fingerprint density at radius 3 is 2.61 bits per heavy atom. The molecule has 3 rings (SSSR count). The van der Waals surface area contributed by atoms with Gasteiger partial charge in [0.05, 0.1) is 24.4 Å². The van der Waals surface area contributed by atoms with Gasteiger partial charge in [-0.15, -0.1) is 6.58 Å². The van der Waals surface area contributed by atoms with Crippen molar-refractivity contribution >= 4 is 5.97 Å². The molecule has 0 saturated heterocycles. The van der Waals surface area contributed by atoms with Gasteiger partial charge in [0.1, 0.15) is 24.1 Å². The molecule has 4 N–H and O–H groups in total. The van der Waals surface area contributed by atoms with Crippen LogP contribution in [0.25, 0.3) is 0 Å². The number of aromatic nitrogens is 1. The maximum atomic E-state index is 13.2. The number of aromatic hydroxyl groups is 1. The molecule has 9 heteroatoms. The Bertz CT molecular complexity index is 923. The summed E-state index contributed by atoms with van der Waals surface area (Å²) in [4.78, 5) is 30.9. The fourth-order valence-corrected chi connectivity index (χ4v) is 4.49. The van der Waals surface area contributed by atoms with Crippen molar-refractivity contribution in [2.45, 2.75) is 56.5 Å². The standard InChI is InChI=1S/C22H29NO8/c1-4-12-9-11(2)5-6-13(12)17-15(24)7-8-23(21(17)28)31-20-14(22(29)30-3)10-16(25)18(26)19(20)27/h4,7-8,10-13,16,18-20,24-27H,1,5-6,9H2,2-3H3/t11-,12-,13-,16+,18+,19+,20+/m1/s1. The summed E-state index contributed by atoms with van der Waals surface area (Å²) in [5.41, 5.74) is -0.693. The molecule has 0 aromatic carbocycles. The van der Waals surface area contributed by atoms with Crippen LogP contribution in [0.1, 0.15) is 37.7 Å². The van der Waals surface area contributed by atoms with E-state index in [1.165, 1.54) is 12.3 Å². The summed E-state index contributed by atoms with van der Waals surface area (Å²) in [6.07, 6.45) is 0.104. The molecule has 31 heavy (non-hydrogen) atoms. The summed E-state index contributed by atoms with van der Waals surface area (Å²) in [6.45, 7) is 6.00. The Morgan fingerprint density at radius 2 is 1.97 bits per heavy atom. The fraction of sp³-hybridized carbons (Fsp3) is 0.545. The Balaban J connectivity index is 2.00. The molecule has 1 aromatic rings. The van der Waals surface area contributed by atoms with Gasteiger partial charge in [-0.3, -0.25) is 4.79 Å². The third-order valence-corrected chi connectivity index (χ3v) is 6.22. The second kappa shape index (κ2) is 9.25. The van der Waals surface area contributed by atoms with Gasteiger partial charge in [-0.05, 0) is 36.7 Å². The van der Waals surface area contributed by atoms with E-state index in [2.05, 4.69) is 18.2 Å². The smallest absolute Gasteiger partial charge is 0.337 e. The van der Waals surface area contributed by atoms with E-state index < -0.39 is 35.9 Å². The molecule has 2 aliphatic rings. The van der Waals surface area contributed by atoms with Gasteiger partial charge >= 0.3 is 5.97 Å². The lowest BCUT2D eigenvalue weighted by molar-refractivity contribution is -0.146. The van der Waals surface area contributed by atoms with Crippen LogP contribution >= 0.6 is 0 Å². The lowest BCUT2D eigenvalue weighted by Crippen LogP contribution is -2.54. The van der Waals surface area contributed by atoms with E-state index in [1.807, 2.05) is 0 Å². The third-order valence-electron chi connectivity index (χ3n) is 6.22. The number of rotatable bonds is 5. The molecule has 1 fully saturated rings. The van der Waals surface area contributed by atoms with E-state index in [0.29, 0.717) is 12.3 Å². The molecule has 0 radical (unpaired) electrons. The largest absolute Gasteiger partial charge is 0.507 e. The number of ether oxygens (including phenoxy) is 1. The molecule has 2 aliphatic carbocycles. The van der Waals surface area contributed by atoms with Crippen LogP contribution in [0.4, 0.5) is 0 Å². The Kier molecular flexibility index (Phi) is 6.88. The van der Waals surface area contributed by atoms with E-state index in [9.17, 15) is 30.0 Å². The normalized spacial score (nSPS) is 33.3. The zero-order valence-electron chi connectivity index (χ0n) is 17.5.